The number of aryl methyl sites for hydroxylation is 1. The standard InChI is InChI=1S/C15H27N3S2/c1-3-5-16-13(14-12-19-9-10-20-14)11-15-17-6-8-18(15)7-4-2/h6,8,13-14,16H,3-5,7,9-12H2,1-2H3. The molecule has 1 aromatic rings. The fraction of sp³-hybridized carbons (Fsp3) is 0.800. The van der Waals surface area contributed by atoms with Crippen molar-refractivity contribution in [3.8, 4) is 0 Å². The molecular weight excluding hydrogens is 286 g/mol. The summed E-state index contributed by atoms with van der Waals surface area (Å²) in [6.45, 7) is 6.67. The molecule has 2 rings (SSSR count). The molecule has 0 saturated carbocycles. The molecular formula is C15H27N3S2. The zero-order chi connectivity index (χ0) is 14.2. The van der Waals surface area contributed by atoms with E-state index in [0.717, 1.165) is 24.8 Å². The molecule has 0 amide bonds. The van der Waals surface area contributed by atoms with Crippen LogP contribution in [0.4, 0.5) is 0 Å². The van der Waals surface area contributed by atoms with E-state index in [1.165, 1.54) is 35.9 Å². The Morgan fingerprint density at radius 1 is 1.40 bits per heavy atom. The van der Waals surface area contributed by atoms with E-state index in [1.807, 2.05) is 6.20 Å². The van der Waals surface area contributed by atoms with E-state index in [1.54, 1.807) is 0 Å². The van der Waals surface area contributed by atoms with Crippen molar-refractivity contribution in [2.75, 3.05) is 23.8 Å². The van der Waals surface area contributed by atoms with Gasteiger partial charge in [0, 0.05) is 53.9 Å². The summed E-state index contributed by atoms with van der Waals surface area (Å²) < 4.78 is 2.32. The van der Waals surface area contributed by atoms with Crippen LogP contribution >= 0.6 is 23.5 Å². The van der Waals surface area contributed by atoms with E-state index in [0.29, 0.717) is 6.04 Å². The van der Waals surface area contributed by atoms with Crippen molar-refractivity contribution in [2.24, 2.45) is 0 Å². The van der Waals surface area contributed by atoms with Crippen molar-refractivity contribution in [3.05, 3.63) is 18.2 Å². The van der Waals surface area contributed by atoms with Crippen molar-refractivity contribution in [3.63, 3.8) is 0 Å². The minimum Gasteiger partial charge on any atom is -0.335 e. The minimum atomic E-state index is 0.561. The summed E-state index contributed by atoms with van der Waals surface area (Å²) in [4.78, 5) is 4.58. The van der Waals surface area contributed by atoms with Crippen molar-refractivity contribution in [1.82, 2.24) is 14.9 Å². The third-order valence-electron chi connectivity index (χ3n) is 3.62. The second-order valence-electron chi connectivity index (χ2n) is 5.29. The van der Waals surface area contributed by atoms with Gasteiger partial charge < -0.3 is 9.88 Å². The Morgan fingerprint density at radius 2 is 2.30 bits per heavy atom. The van der Waals surface area contributed by atoms with Crippen LogP contribution in [0.5, 0.6) is 0 Å². The summed E-state index contributed by atoms with van der Waals surface area (Å²) in [7, 11) is 0. The predicted octanol–water partition coefficient (Wildman–Crippen LogP) is 3.05. The van der Waals surface area contributed by atoms with Gasteiger partial charge in [0.1, 0.15) is 5.82 Å². The third-order valence-corrected chi connectivity index (χ3v) is 6.54. The molecule has 3 nitrogen and oxygen atoms in total. The first kappa shape index (κ1) is 16.2. The van der Waals surface area contributed by atoms with Gasteiger partial charge in [-0.2, -0.15) is 23.5 Å². The predicted molar refractivity (Wildman–Crippen MR) is 91.9 cm³/mol. The molecule has 20 heavy (non-hydrogen) atoms. The van der Waals surface area contributed by atoms with Crippen molar-refractivity contribution < 1.29 is 0 Å². The fourth-order valence-corrected chi connectivity index (χ4v) is 5.46. The normalized spacial score (nSPS) is 21.0. The van der Waals surface area contributed by atoms with E-state index in [-0.39, 0.29) is 0 Å². The topological polar surface area (TPSA) is 29.9 Å². The average molecular weight is 314 g/mol. The van der Waals surface area contributed by atoms with Gasteiger partial charge in [-0.1, -0.05) is 13.8 Å². The number of aromatic nitrogens is 2. The van der Waals surface area contributed by atoms with Crippen LogP contribution in [0.3, 0.4) is 0 Å². The molecule has 0 aromatic carbocycles. The fourth-order valence-electron chi connectivity index (χ4n) is 2.57. The molecule has 1 aliphatic heterocycles. The van der Waals surface area contributed by atoms with Crippen LogP contribution in [0, 0.1) is 0 Å². The maximum absolute atomic E-state index is 4.58. The number of hydrogen-bond donors (Lipinski definition) is 1. The number of imidazole rings is 1. The Balaban J connectivity index is 1.99. The van der Waals surface area contributed by atoms with Gasteiger partial charge in [-0.15, -0.1) is 0 Å². The maximum Gasteiger partial charge on any atom is 0.110 e. The monoisotopic (exact) mass is 313 g/mol. The van der Waals surface area contributed by atoms with Crippen LogP contribution in [0.2, 0.25) is 0 Å². The van der Waals surface area contributed by atoms with E-state index in [4.69, 9.17) is 0 Å². The lowest BCUT2D eigenvalue weighted by molar-refractivity contribution is 0.483. The molecule has 0 spiro atoms. The van der Waals surface area contributed by atoms with Gasteiger partial charge in [0.2, 0.25) is 0 Å². The van der Waals surface area contributed by atoms with Gasteiger partial charge in [-0.3, -0.25) is 0 Å². The molecule has 1 fully saturated rings. The summed E-state index contributed by atoms with van der Waals surface area (Å²) in [5, 5.41) is 4.49. The van der Waals surface area contributed by atoms with Crippen LogP contribution in [0.1, 0.15) is 32.5 Å². The number of nitrogens with zero attached hydrogens (tertiary/aromatic N) is 2. The van der Waals surface area contributed by atoms with E-state index < -0.39 is 0 Å². The minimum absolute atomic E-state index is 0.561. The summed E-state index contributed by atoms with van der Waals surface area (Å²) in [5.74, 6) is 5.13. The molecule has 2 unspecified atom stereocenters. The largest absolute Gasteiger partial charge is 0.335 e. The lowest BCUT2D eigenvalue weighted by atomic mass is 10.1. The molecule has 5 heteroatoms. The van der Waals surface area contributed by atoms with Gasteiger partial charge in [0.15, 0.2) is 0 Å². The lowest BCUT2D eigenvalue weighted by Gasteiger charge is -2.30. The Morgan fingerprint density at radius 3 is 3.00 bits per heavy atom. The Bertz CT molecular complexity index is 375. The van der Waals surface area contributed by atoms with Gasteiger partial charge in [-0.25, -0.2) is 4.98 Å². The SMILES string of the molecule is CCCNC(Cc1nccn1CCC)C1CSCCS1. The molecule has 0 radical (unpaired) electrons. The summed E-state index contributed by atoms with van der Waals surface area (Å²) in [6.07, 6.45) is 7.50. The van der Waals surface area contributed by atoms with E-state index in [2.05, 4.69) is 58.4 Å². The van der Waals surface area contributed by atoms with Gasteiger partial charge >= 0.3 is 0 Å². The molecule has 1 aliphatic rings. The van der Waals surface area contributed by atoms with Crippen LogP contribution in [-0.2, 0) is 13.0 Å². The Labute approximate surface area is 131 Å². The van der Waals surface area contributed by atoms with Crippen LogP contribution in [0.15, 0.2) is 12.4 Å². The number of hydrogen-bond acceptors (Lipinski definition) is 4. The number of nitrogens with one attached hydrogen (secondary N) is 1. The van der Waals surface area contributed by atoms with Crippen molar-refractivity contribution in [2.45, 2.75) is 50.9 Å². The first-order valence-electron chi connectivity index (χ1n) is 7.77. The van der Waals surface area contributed by atoms with Gasteiger partial charge in [0.25, 0.3) is 0 Å². The van der Waals surface area contributed by atoms with Crippen LogP contribution in [0.25, 0.3) is 0 Å². The third kappa shape index (κ3) is 4.71. The quantitative estimate of drug-likeness (QED) is 0.799. The zero-order valence-electron chi connectivity index (χ0n) is 12.7. The molecule has 1 N–H and O–H groups in total. The first-order valence-corrected chi connectivity index (χ1v) is 9.98. The van der Waals surface area contributed by atoms with E-state index in [9.17, 15) is 0 Å². The molecule has 2 heterocycles. The van der Waals surface area contributed by atoms with Crippen LogP contribution in [-0.4, -0.2) is 44.6 Å². The second-order valence-corrected chi connectivity index (χ2v) is 7.78. The molecule has 1 aromatic heterocycles. The maximum atomic E-state index is 4.58. The summed E-state index contributed by atoms with van der Waals surface area (Å²) >= 11 is 4.25. The first-order chi connectivity index (χ1) is 9.85. The average Bonchev–Trinajstić information content (AvgIpc) is 2.92. The smallest absolute Gasteiger partial charge is 0.110 e. The highest BCUT2D eigenvalue weighted by Crippen LogP contribution is 2.27. The Hall–Kier alpha value is -0.130. The van der Waals surface area contributed by atoms with Crippen LogP contribution < -0.4 is 5.32 Å². The van der Waals surface area contributed by atoms with Crippen molar-refractivity contribution >= 4 is 23.5 Å². The molecule has 114 valence electrons. The molecule has 0 bridgehead atoms. The Kier molecular flexibility index (Phi) is 7.31. The molecule has 1 saturated heterocycles. The summed E-state index contributed by atoms with van der Waals surface area (Å²) in [5.41, 5.74) is 0. The molecule has 0 aliphatic carbocycles. The van der Waals surface area contributed by atoms with Gasteiger partial charge in [-0.05, 0) is 19.4 Å². The summed E-state index contributed by atoms with van der Waals surface area (Å²) in [6, 6.07) is 0.561. The highest BCUT2D eigenvalue weighted by atomic mass is 32.2. The van der Waals surface area contributed by atoms with Gasteiger partial charge in [0.05, 0.1) is 0 Å². The lowest BCUT2D eigenvalue weighted by Crippen LogP contribution is -2.43. The molecule has 2 atom stereocenters. The second kappa shape index (κ2) is 9.00. The highest BCUT2D eigenvalue weighted by Gasteiger charge is 2.25. The zero-order valence-corrected chi connectivity index (χ0v) is 14.3. The number of rotatable bonds is 8. The van der Waals surface area contributed by atoms with Crippen molar-refractivity contribution in [1.29, 1.82) is 0 Å². The highest BCUT2D eigenvalue weighted by molar-refractivity contribution is 8.06. The number of thioether (sulfide) groups is 2. The van der Waals surface area contributed by atoms with E-state index >= 15 is 0 Å².